The number of amides is 1. The minimum absolute atomic E-state index is 0.292. The fraction of sp³-hybridized carbons (Fsp3) is 0.923. The summed E-state index contributed by atoms with van der Waals surface area (Å²) >= 11 is 0. The molecule has 0 radical (unpaired) electrons. The van der Waals surface area contributed by atoms with Gasteiger partial charge in [-0.15, -0.1) is 0 Å². The van der Waals surface area contributed by atoms with Crippen molar-refractivity contribution in [1.82, 2.24) is 5.32 Å². The number of rotatable bonds is 6. The second-order valence-electron chi connectivity index (χ2n) is 5.25. The fourth-order valence-electron chi connectivity index (χ4n) is 2.40. The lowest BCUT2D eigenvalue weighted by atomic mass is 9.84. The Hall–Kier alpha value is -0.610. The zero-order valence-corrected chi connectivity index (χ0v) is 11.3. The molecule has 0 aromatic heterocycles. The Morgan fingerprint density at radius 1 is 1.47 bits per heavy atom. The molecule has 0 spiro atoms. The van der Waals surface area contributed by atoms with Crippen molar-refractivity contribution < 1.29 is 9.53 Å². The van der Waals surface area contributed by atoms with E-state index in [0.29, 0.717) is 18.6 Å². The van der Waals surface area contributed by atoms with Crippen LogP contribution in [0.15, 0.2) is 0 Å². The molecule has 4 heteroatoms. The van der Waals surface area contributed by atoms with E-state index in [2.05, 4.69) is 12.2 Å². The molecule has 17 heavy (non-hydrogen) atoms. The van der Waals surface area contributed by atoms with Gasteiger partial charge >= 0.3 is 0 Å². The molecular weight excluding hydrogens is 216 g/mol. The summed E-state index contributed by atoms with van der Waals surface area (Å²) in [6.45, 7) is 4.36. The van der Waals surface area contributed by atoms with Crippen molar-refractivity contribution in [2.75, 3.05) is 13.7 Å². The third-order valence-electron chi connectivity index (χ3n) is 4.05. The summed E-state index contributed by atoms with van der Waals surface area (Å²) in [6.07, 6.45) is 6.33. The Labute approximate surface area is 104 Å². The molecule has 1 aliphatic carbocycles. The number of ether oxygens (including phenoxy) is 1. The molecule has 0 saturated heterocycles. The summed E-state index contributed by atoms with van der Waals surface area (Å²) in [5.74, 6) is 0.279. The molecule has 100 valence electrons. The molecule has 1 saturated carbocycles. The maximum absolute atomic E-state index is 11.4. The summed E-state index contributed by atoms with van der Waals surface area (Å²) < 4.78 is 5.94. The number of hydrogen-bond donors (Lipinski definition) is 2. The van der Waals surface area contributed by atoms with E-state index in [1.54, 1.807) is 14.0 Å². The first-order valence-electron chi connectivity index (χ1n) is 6.64. The Morgan fingerprint density at radius 3 is 2.65 bits per heavy atom. The van der Waals surface area contributed by atoms with E-state index >= 15 is 0 Å². The Morgan fingerprint density at radius 2 is 2.12 bits per heavy atom. The van der Waals surface area contributed by atoms with E-state index in [4.69, 9.17) is 10.5 Å². The van der Waals surface area contributed by atoms with E-state index in [1.165, 1.54) is 19.3 Å². The SMILES string of the molecule is CCC1CCCCC1OCC(C)(NC)C(N)=O. The topological polar surface area (TPSA) is 64.3 Å². The van der Waals surface area contributed by atoms with Crippen molar-refractivity contribution in [3.63, 3.8) is 0 Å². The van der Waals surface area contributed by atoms with Crippen LogP contribution >= 0.6 is 0 Å². The number of nitrogens with two attached hydrogens (primary N) is 1. The van der Waals surface area contributed by atoms with Gasteiger partial charge in [0.1, 0.15) is 5.54 Å². The van der Waals surface area contributed by atoms with Crippen molar-refractivity contribution in [3.8, 4) is 0 Å². The zero-order chi connectivity index (χ0) is 12.9. The third-order valence-corrected chi connectivity index (χ3v) is 4.05. The predicted molar refractivity (Wildman–Crippen MR) is 68.6 cm³/mol. The highest BCUT2D eigenvalue weighted by Gasteiger charge is 2.32. The van der Waals surface area contributed by atoms with Crippen molar-refractivity contribution in [2.24, 2.45) is 11.7 Å². The summed E-state index contributed by atoms with van der Waals surface area (Å²) in [4.78, 5) is 11.4. The van der Waals surface area contributed by atoms with Crippen molar-refractivity contribution in [2.45, 2.75) is 57.6 Å². The summed E-state index contributed by atoms with van der Waals surface area (Å²) in [5.41, 5.74) is 4.63. The maximum Gasteiger partial charge on any atom is 0.239 e. The molecule has 4 nitrogen and oxygen atoms in total. The first-order valence-corrected chi connectivity index (χ1v) is 6.64. The molecule has 0 aromatic carbocycles. The largest absolute Gasteiger partial charge is 0.375 e. The number of primary amides is 1. The minimum atomic E-state index is -0.754. The van der Waals surface area contributed by atoms with Crippen LogP contribution in [-0.4, -0.2) is 31.2 Å². The first-order chi connectivity index (χ1) is 8.03. The minimum Gasteiger partial charge on any atom is -0.375 e. The lowest BCUT2D eigenvalue weighted by Gasteiger charge is -2.34. The van der Waals surface area contributed by atoms with Crippen LogP contribution in [0.1, 0.15) is 46.0 Å². The Balaban J connectivity index is 2.50. The summed E-state index contributed by atoms with van der Waals surface area (Å²) in [7, 11) is 1.74. The molecule has 3 unspecified atom stereocenters. The number of carbonyl (C=O) groups is 1. The number of hydrogen-bond acceptors (Lipinski definition) is 3. The predicted octanol–water partition coefficient (Wildman–Crippen LogP) is 1.44. The van der Waals surface area contributed by atoms with E-state index in [0.717, 1.165) is 12.8 Å². The van der Waals surface area contributed by atoms with Gasteiger partial charge in [-0.25, -0.2) is 0 Å². The van der Waals surface area contributed by atoms with E-state index in [-0.39, 0.29) is 5.91 Å². The van der Waals surface area contributed by atoms with Crippen LogP contribution in [0, 0.1) is 5.92 Å². The molecule has 1 amide bonds. The fourth-order valence-corrected chi connectivity index (χ4v) is 2.40. The van der Waals surface area contributed by atoms with E-state index < -0.39 is 5.54 Å². The number of carbonyl (C=O) groups excluding carboxylic acids is 1. The van der Waals surface area contributed by atoms with Gasteiger partial charge in [-0.05, 0) is 32.7 Å². The Bertz CT molecular complexity index is 258. The van der Waals surface area contributed by atoms with Crippen LogP contribution in [-0.2, 0) is 9.53 Å². The van der Waals surface area contributed by atoms with E-state index in [1.807, 2.05) is 0 Å². The molecule has 0 aliphatic heterocycles. The Kier molecular flexibility index (Phi) is 5.40. The molecule has 3 N–H and O–H groups in total. The molecule has 1 aliphatic rings. The van der Waals surface area contributed by atoms with Gasteiger partial charge in [0.15, 0.2) is 0 Å². The van der Waals surface area contributed by atoms with Gasteiger partial charge in [-0.3, -0.25) is 4.79 Å². The van der Waals surface area contributed by atoms with Crippen LogP contribution in [0.5, 0.6) is 0 Å². The van der Waals surface area contributed by atoms with Crippen molar-refractivity contribution in [3.05, 3.63) is 0 Å². The van der Waals surface area contributed by atoms with Gasteiger partial charge in [-0.1, -0.05) is 26.2 Å². The van der Waals surface area contributed by atoms with Gasteiger partial charge in [0, 0.05) is 0 Å². The van der Waals surface area contributed by atoms with Crippen LogP contribution in [0.4, 0.5) is 0 Å². The van der Waals surface area contributed by atoms with Crippen LogP contribution in [0.2, 0.25) is 0 Å². The molecular formula is C13H26N2O2. The maximum atomic E-state index is 11.4. The summed E-state index contributed by atoms with van der Waals surface area (Å²) in [6, 6.07) is 0. The smallest absolute Gasteiger partial charge is 0.239 e. The second-order valence-corrected chi connectivity index (χ2v) is 5.25. The van der Waals surface area contributed by atoms with Crippen LogP contribution < -0.4 is 11.1 Å². The van der Waals surface area contributed by atoms with E-state index in [9.17, 15) is 4.79 Å². The lowest BCUT2D eigenvalue weighted by Crippen LogP contribution is -2.55. The molecule has 1 fully saturated rings. The van der Waals surface area contributed by atoms with Crippen molar-refractivity contribution >= 4 is 5.91 Å². The number of nitrogens with one attached hydrogen (secondary N) is 1. The van der Waals surface area contributed by atoms with Gasteiger partial charge in [0.05, 0.1) is 12.7 Å². The first kappa shape index (κ1) is 14.5. The molecule has 1 rings (SSSR count). The van der Waals surface area contributed by atoms with Gasteiger partial charge in [0.25, 0.3) is 0 Å². The third kappa shape index (κ3) is 3.68. The quantitative estimate of drug-likeness (QED) is 0.740. The summed E-state index contributed by atoms with van der Waals surface area (Å²) in [5, 5.41) is 2.95. The zero-order valence-electron chi connectivity index (χ0n) is 11.3. The number of likely N-dealkylation sites (N-methyl/N-ethyl adjacent to an activating group) is 1. The molecule has 3 atom stereocenters. The van der Waals surface area contributed by atoms with Gasteiger partial charge in [0.2, 0.25) is 5.91 Å². The van der Waals surface area contributed by atoms with Crippen LogP contribution in [0.3, 0.4) is 0 Å². The van der Waals surface area contributed by atoms with Gasteiger partial charge < -0.3 is 15.8 Å². The molecule has 0 bridgehead atoms. The van der Waals surface area contributed by atoms with Crippen molar-refractivity contribution in [1.29, 1.82) is 0 Å². The highest BCUT2D eigenvalue weighted by Crippen LogP contribution is 2.29. The molecule has 0 aromatic rings. The molecule has 0 heterocycles. The van der Waals surface area contributed by atoms with Gasteiger partial charge in [-0.2, -0.15) is 0 Å². The average molecular weight is 242 g/mol. The standard InChI is InChI=1S/C13H26N2O2/c1-4-10-7-5-6-8-11(10)17-9-13(2,15-3)12(14)16/h10-11,15H,4-9H2,1-3H3,(H2,14,16). The highest BCUT2D eigenvalue weighted by molar-refractivity contribution is 5.84. The second kappa shape index (κ2) is 6.36. The average Bonchev–Trinajstić information content (AvgIpc) is 2.36. The lowest BCUT2D eigenvalue weighted by molar-refractivity contribution is -0.128. The normalized spacial score (nSPS) is 28.6. The van der Waals surface area contributed by atoms with Crippen LogP contribution in [0.25, 0.3) is 0 Å². The highest BCUT2D eigenvalue weighted by atomic mass is 16.5. The monoisotopic (exact) mass is 242 g/mol.